The molecule has 2 aromatic rings. The summed E-state index contributed by atoms with van der Waals surface area (Å²) in [4.78, 5) is 2.40. The predicted molar refractivity (Wildman–Crippen MR) is 87.8 cm³/mol. The zero-order valence-corrected chi connectivity index (χ0v) is 13.8. The van der Waals surface area contributed by atoms with Crippen LogP contribution in [0.1, 0.15) is 23.7 Å². The van der Waals surface area contributed by atoms with E-state index in [1.165, 1.54) is 17.3 Å². The van der Waals surface area contributed by atoms with Gasteiger partial charge in [-0.15, -0.1) is 0 Å². The summed E-state index contributed by atoms with van der Waals surface area (Å²) in [6.07, 6.45) is 2.84. The molecule has 4 nitrogen and oxygen atoms in total. The molecule has 0 spiro atoms. The zero-order chi connectivity index (χ0) is 16.2. The molecule has 1 aromatic heterocycles. The van der Waals surface area contributed by atoms with Gasteiger partial charge in [-0.05, 0) is 38.0 Å². The first-order chi connectivity index (χ1) is 11.2. The molecule has 0 radical (unpaired) electrons. The van der Waals surface area contributed by atoms with Gasteiger partial charge in [0.15, 0.2) is 0 Å². The second-order valence-electron chi connectivity index (χ2n) is 6.13. The maximum absolute atomic E-state index is 13.3. The SMILES string of the molecule is CCn1ncc(CN2CCOC(Cc3cccc(F)c3)C2)c1C. The van der Waals surface area contributed by atoms with E-state index in [1.807, 2.05) is 16.9 Å². The number of aromatic nitrogens is 2. The Morgan fingerprint density at radius 1 is 1.39 bits per heavy atom. The second kappa shape index (κ2) is 7.23. The standard InChI is InChI=1S/C18H24FN3O/c1-3-22-14(2)16(11-20-22)12-21-7-8-23-18(13-21)10-15-5-4-6-17(19)9-15/h4-6,9,11,18H,3,7-8,10,12-13H2,1-2H3. The number of halogens is 1. The Balaban J connectivity index is 1.60. The summed E-state index contributed by atoms with van der Waals surface area (Å²) in [6, 6.07) is 6.79. The third-order valence-corrected chi connectivity index (χ3v) is 4.47. The van der Waals surface area contributed by atoms with Crippen LogP contribution in [0.2, 0.25) is 0 Å². The lowest BCUT2D eigenvalue weighted by Crippen LogP contribution is -2.42. The van der Waals surface area contributed by atoms with Crippen LogP contribution >= 0.6 is 0 Å². The molecular weight excluding hydrogens is 293 g/mol. The molecule has 1 saturated heterocycles. The van der Waals surface area contributed by atoms with E-state index < -0.39 is 0 Å². The molecule has 1 aliphatic heterocycles. The molecule has 3 rings (SSSR count). The van der Waals surface area contributed by atoms with Crippen molar-refractivity contribution in [2.75, 3.05) is 19.7 Å². The van der Waals surface area contributed by atoms with Gasteiger partial charge in [0.2, 0.25) is 0 Å². The number of hydrogen-bond acceptors (Lipinski definition) is 3. The molecule has 0 saturated carbocycles. The van der Waals surface area contributed by atoms with Crippen molar-refractivity contribution in [2.24, 2.45) is 0 Å². The molecule has 23 heavy (non-hydrogen) atoms. The summed E-state index contributed by atoms with van der Waals surface area (Å²) in [6.45, 7) is 8.54. The molecule has 5 heteroatoms. The number of hydrogen-bond donors (Lipinski definition) is 0. The summed E-state index contributed by atoms with van der Waals surface area (Å²) in [5.41, 5.74) is 3.51. The van der Waals surface area contributed by atoms with Crippen LogP contribution in [0.3, 0.4) is 0 Å². The van der Waals surface area contributed by atoms with E-state index in [2.05, 4.69) is 23.8 Å². The Labute approximate surface area is 136 Å². The van der Waals surface area contributed by atoms with E-state index in [4.69, 9.17) is 4.74 Å². The van der Waals surface area contributed by atoms with Gasteiger partial charge in [-0.1, -0.05) is 12.1 Å². The Bertz CT molecular complexity index is 655. The predicted octanol–water partition coefficient (Wildman–Crippen LogP) is 2.79. The van der Waals surface area contributed by atoms with Gasteiger partial charge in [0.25, 0.3) is 0 Å². The van der Waals surface area contributed by atoms with Crippen LogP contribution in [0.4, 0.5) is 4.39 Å². The van der Waals surface area contributed by atoms with Crippen LogP contribution in [-0.2, 0) is 24.2 Å². The van der Waals surface area contributed by atoms with E-state index in [9.17, 15) is 4.39 Å². The number of rotatable bonds is 5. The van der Waals surface area contributed by atoms with Crippen LogP contribution in [0.5, 0.6) is 0 Å². The van der Waals surface area contributed by atoms with Crippen molar-refractivity contribution in [2.45, 2.75) is 39.5 Å². The van der Waals surface area contributed by atoms with E-state index in [0.29, 0.717) is 0 Å². The smallest absolute Gasteiger partial charge is 0.123 e. The fraction of sp³-hybridized carbons (Fsp3) is 0.500. The molecule has 0 amide bonds. The fourth-order valence-electron chi connectivity index (χ4n) is 3.17. The largest absolute Gasteiger partial charge is 0.375 e. The molecule has 124 valence electrons. The number of benzene rings is 1. The maximum atomic E-state index is 13.3. The Hall–Kier alpha value is -1.72. The van der Waals surface area contributed by atoms with Crippen molar-refractivity contribution >= 4 is 0 Å². The first-order valence-corrected chi connectivity index (χ1v) is 8.25. The number of ether oxygens (including phenoxy) is 1. The summed E-state index contributed by atoms with van der Waals surface area (Å²) in [7, 11) is 0. The van der Waals surface area contributed by atoms with Crippen molar-refractivity contribution in [3.05, 3.63) is 53.1 Å². The highest BCUT2D eigenvalue weighted by molar-refractivity contribution is 5.18. The van der Waals surface area contributed by atoms with Gasteiger partial charge in [-0.2, -0.15) is 5.10 Å². The lowest BCUT2D eigenvalue weighted by Gasteiger charge is -2.33. The highest BCUT2D eigenvalue weighted by Crippen LogP contribution is 2.16. The van der Waals surface area contributed by atoms with Gasteiger partial charge < -0.3 is 4.74 Å². The highest BCUT2D eigenvalue weighted by Gasteiger charge is 2.22. The molecular formula is C18H24FN3O. The lowest BCUT2D eigenvalue weighted by molar-refractivity contribution is -0.0305. The Morgan fingerprint density at radius 2 is 2.26 bits per heavy atom. The summed E-state index contributed by atoms with van der Waals surface area (Å²) in [5.74, 6) is -0.183. The van der Waals surface area contributed by atoms with Gasteiger partial charge in [-0.25, -0.2) is 4.39 Å². The minimum Gasteiger partial charge on any atom is -0.375 e. The van der Waals surface area contributed by atoms with Crippen molar-refractivity contribution in [1.82, 2.24) is 14.7 Å². The molecule has 1 aromatic carbocycles. The van der Waals surface area contributed by atoms with Crippen LogP contribution in [-0.4, -0.2) is 40.5 Å². The van der Waals surface area contributed by atoms with Gasteiger partial charge >= 0.3 is 0 Å². The quantitative estimate of drug-likeness (QED) is 0.849. The molecule has 2 heterocycles. The highest BCUT2D eigenvalue weighted by atomic mass is 19.1. The lowest BCUT2D eigenvalue weighted by atomic mass is 10.1. The number of morpholine rings is 1. The van der Waals surface area contributed by atoms with Gasteiger partial charge in [0.05, 0.1) is 18.9 Å². The van der Waals surface area contributed by atoms with Crippen molar-refractivity contribution in [3.8, 4) is 0 Å². The van der Waals surface area contributed by atoms with E-state index in [-0.39, 0.29) is 11.9 Å². The molecule has 0 bridgehead atoms. The molecule has 1 unspecified atom stereocenters. The second-order valence-corrected chi connectivity index (χ2v) is 6.13. The molecule has 1 fully saturated rings. The van der Waals surface area contributed by atoms with E-state index >= 15 is 0 Å². The average molecular weight is 317 g/mol. The summed E-state index contributed by atoms with van der Waals surface area (Å²) >= 11 is 0. The first-order valence-electron chi connectivity index (χ1n) is 8.25. The van der Waals surface area contributed by atoms with Crippen LogP contribution in [0, 0.1) is 12.7 Å². The van der Waals surface area contributed by atoms with Crippen molar-refractivity contribution < 1.29 is 9.13 Å². The number of nitrogens with zero attached hydrogens (tertiary/aromatic N) is 3. The number of aryl methyl sites for hydroxylation is 1. The summed E-state index contributed by atoms with van der Waals surface area (Å²) < 4.78 is 21.2. The molecule has 1 atom stereocenters. The zero-order valence-electron chi connectivity index (χ0n) is 13.8. The third kappa shape index (κ3) is 3.98. The third-order valence-electron chi connectivity index (χ3n) is 4.47. The fourth-order valence-corrected chi connectivity index (χ4v) is 3.17. The average Bonchev–Trinajstić information content (AvgIpc) is 2.88. The maximum Gasteiger partial charge on any atom is 0.123 e. The van der Waals surface area contributed by atoms with E-state index in [0.717, 1.165) is 44.8 Å². The normalized spacial score (nSPS) is 19.2. The Morgan fingerprint density at radius 3 is 3.00 bits per heavy atom. The molecule has 0 N–H and O–H groups in total. The minimum atomic E-state index is -0.183. The van der Waals surface area contributed by atoms with Crippen LogP contribution in [0.25, 0.3) is 0 Å². The van der Waals surface area contributed by atoms with E-state index in [1.54, 1.807) is 12.1 Å². The minimum absolute atomic E-state index is 0.118. The Kier molecular flexibility index (Phi) is 5.08. The van der Waals surface area contributed by atoms with Gasteiger partial charge in [0.1, 0.15) is 5.82 Å². The topological polar surface area (TPSA) is 30.3 Å². The van der Waals surface area contributed by atoms with Gasteiger partial charge in [-0.3, -0.25) is 9.58 Å². The van der Waals surface area contributed by atoms with Crippen molar-refractivity contribution in [3.63, 3.8) is 0 Å². The first kappa shape index (κ1) is 16.1. The monoisotopic (exact) mass is 317 g/mol. The van der Waals surface area contributed by atoms with Gasteiger partial charge in [0, 0.05) is 37.4 Å². The van der Waals surface area contributed by atoms with Crippen LogP contribution in [0.15, 0.2) is 30.5 Å². The summed E-state index contributed by atoms with van der Waals surface area (Å²) in [5, 5.41) is 4.41. The molecule has 1 aliphatic rings. The van der Waals surface area contributed by atoms with Crippen LogP contribution < -0.4 is 0 Å². The molecule has 0 aliphatic carbocycles. The van der Waals surface area contributed by atoms with Crippen molar-refractivity contribution in [1.29, 1.82) is 0 Å².